The number of anilines is 1. The van der Waals surface area contributed by atoms with Crippen LogP contribution in [0.5, 0.6) is 5.75 Å². The monoisotopic (exact) mass is 738 g/mol. The van der Waals surface area contributed by atoms with Crippen molar-refractivity contribution >= 4 is 40.8 Å². The van der Waals surface area contributed by atoms with E-state index in [-0.39, 0.29) is 43.2 Å². The third-order valence-corrected chi connectivity index (χ3v) is 7.74. The summed E-state index contributed by atoms with van der Waals surface area (Å²) >= 11 is 0. The molecule has 54 heavy (non-hydrogen) atoms. The summed E-state index contributed by atoms with van der Waals surface area (Å²) in [5.74, 6) is -2.21. The first kappa shape index (κ1) is 38.9. The summed E-state index contributed by atoms with van der Waals surface area (Å²) in [7, 11) is 0. The van der Waals surface area contributed by atoms with Crippen LogP contribution >= 0.6 is 0 Å². The maximum absolute atomic E-state index is 13.3. The van der Waals surface area contributed by atoms with Crippen molar-refractivity contribution in [1.29, 1.82) is 0 Å². The number of carboxylic acids is 2. The first-order valence-corrected chi connectivity index (χ1v) is 17.1. The average molecular weight is 739 g/mol. The van der Waals surface area contributed by atoms with Crippen molar-refractivity contribution in [3.63, 3.8) is 0 Å². The lowest BCUT2D eigenvalue weighted by molar-refractivity contribution is 0.0538. The molecular weight excluding hydrogens is 696 g/mol. The fourth-order valence-corrected chi connectivity index (χ4v) is 5.38. The molecule has 14 heteroatoms. The molecule has 0 aliphatic heterocycles. The Labute approximate surface area is 311 Å². The van der Waals surface area contributed by atoms with Crippen LogP contribution in [0.25, 0.3) is 33.3 Å². The van der Waals surface area contributed by atoms with Crippen molar-refractivity contribution in [2.45, 2.75) is 52.7 Å². The number of pyridine rings is 2. The van der Waals surface area contributed by atoms with Gasteiger partial charge in [0, 0.05) is 23.3 Å². The molecule has 5 aromatic rings. The van der Waals surface area contributed by atoms with Gasteiger partial charge in [0.25, 0.3) is 0 Å². The molecule has 0 saturated heterocycles. The molecule has 0 aliphatic carbocycles. The van der Waals surface area contributed by atoms with E-state index < -0.39 is 35.3 Å². The summed E-state index contributed by atoms with van der Waals surface area (Å²) in [6, 6.07) is 18.7. The molecule has 282 valence electrons. The zero-order valence-electron chi connectivity index (χ0n) is 30.9. The van der Waals surface area contributed by atoms with Crippen molar-refractivity contribution in [1.82, 2.24) is 14.5 Å². The van der Waals surface area contributed by atoms with E-state index in [0.717, 1.165) is 28.1 Å². The number of hydrogen-bond acceptors (Lipinski definition) is 10. The van der Waals surface area contributed by atoms with Crippen molar-refractivity contribution in [2.24, 2.45) is 0 Å². The van der Waals surface area contributed by atoms with Crippen LogP contribution in [0.3, 0.4) is 0 Å². The van der Waals surface area contributed by atoms with Gasteiger partial charge in [-0.2, -0.15) is 0 Å². The zero-order chi connectivity index (χ0) is 39.2. The quantitative estimate of drug-likeness (QED) is 0.119. The van der Waals surface area contributed by atoms with E-state index in [0.29, 0.717) is 17.0 Å². The van der Waals surface area contributed by atoms with Crippen molar-refractivity contribution in [2.75, 3.05) is 31.3 Å². The summed E-state index contributed by atoms with van der Waals surface area (Å²) in [4.78, 5) is 59.4. The van der Waals surface area contributed by atoms with E-state index in [1.54, 1.807) is 45.4 Å². The molecule has 0 aliphatic rings. The fourth-order valence-electron chi connectivity index (χ4n) is 5.38. The molecule has 0 unspecified atom stereocenters. The number of rotatable bonds is 12. The normalized spacial score (nSPS) is 11.6. The number of fused-ring (bicyclic) bond motifs is 1. The Morgan fingerprint density at radius 3 is 2.02 bits per heavy atom. The Bertz CT molecular complexity index is 2150. The Morgan fingerprint density at radius 2 is 1.39 bits per heavy atom. The van der Waals surface area contributed by atoms with Gasteiger partial charge in [-0.25, -0.2) is 28.7 Å². The van der Waals surface area contributed by atoms with E-state index in [1.165, 1.54) is 21.6 Å². The first-order valence-electron chi connectivity index (χ1n) is 17.1. The van der Waals surface area contributed by atoms with E-state index in [2.05, 4.69) is 9.97 Å². The van der Waals surface area contributed by atoms with Crippen LogP contribution in [0, 0.1) is 0 Å². The van der Waals surface area contributed by atoms with Gasteiger partial charge in [0.05, 0.1) is 48.3 Å². The van der Waals surface area contributed by atoms with Crippen LogP contribution in [0.1, 0.15) is 62.3 Å². The smallest absolute Gasteiger partial charge is 0.419 e. The molecule has 1 amide bonds. The molecule has 0 saturated carbocycles. The largest absolute Gasteiger partial charge is 0.491 e. The highest BCUT2D eigenvalue weighted by molar-refractivity contribution is 6.02. The molecule has 3 aromatic heterocycles. The Morgan fingerprint density at radius 1 is 0.722 bits per heavy atom. The summed E-state index contributed by atoms with van der Waals surface area (Å²) < 4.78 is 24.1. The summed E-state index contributed by atoms with van der Waals surface area (Å²) in [6.45, 7) is 11.1. The summed E-state index contributed by atoms with van der Waals surface area (Å²) in [5.41, 5.74) is 1.58. The van der Waals surface area contributed by atoms with Gasteiger partial charge in [-0.1, -0.05) is 24.3 Å². The minimum Gasteiger partial charge on any atom is -0.491 e. The van der Waals surface area contributed by atoms with Gasteiger partial charge in [-0.05, 0) is 95.1 Å². The standard InChI is InChI=1S/C40H42N4O10/c1-39(2,3)53-37(49)43(17-18-51-19-20-52-29-12-13-30(35(45)46)31(22-29)36(47)48)34-14-11-28(23-42-34)25-7-9-26(10-8-25)32-21-27-15-16-41-24-33(27)44(32)38(50)54-40(4,5)6/h7-16,21-24H,17-20H2,1-6H3,(H,45,46)(H,47,48). The van der Waals surface area contributed by atoms with Crippen molar-refractivity contribution in [3.05, 3.63) is 96.4 Å². The van der Waals surface area contributed by atoms with Crippen molar-refractivity contribution < 1.29 is 48.3 Å². The number of ether oxygens (including phenoxy) is 4. The van der Waals surface area contributed by atoms with Gasteiger partial charge in [0.1, 0.15) is 29.4 Å². The molecule has 0 atom stereocenters. The topological polar surface area (TPSA) is 180 Å². The molecular formula is C40H42N4O10. The van der Waals surface area contributed by atoms with Crippen LogP contribution in [-0.4, -0.2) is 86.4 Å². The minimum absolute atomic E-state index is 0.0457. The summed E-state index contributed by atoms with van der Waals surface area (Å²) in [6.07, 6.45) is 3.85. The third-order valence-electron chi connectivity index (χ3n) is 7.74. The van der Waals surface area contributed by atoms with Gasteiger partial charge < -0.3 is 29.2 Å². The zero-order valence-corrected chi connectivity index (χ0v) is 30.9. The lowest BCUT2D eigenvalue weighted by Crippen LogP contribution is -2.39. The third kappa shape index (κ3) is 9.77. The van der Waals surface area contributed by atoms with Gasteiger partial charge in [-0.15, -0.1) is 0 Å². The number of carbonyl (C=O) groups is 4. The van der Waals surface area contributed by atoms with Crippen LogP contribution in [0.4, 0.5) is 15.4 Å². The highest BCUT2D eigenvalue weighted by Crippen LogP contribution is 2.31. The fraction of sp³-hybridized carbons (Fsp3) is 0.300. The lowest BCUT2D eigenvalue weighted by Gasteiger charge is -2.27. The van der Waals surface area contributed by atoms with E-state index >= 15 is 0 Å². The maximum Gasteiger partial charge on any atom is 0.419 e. The Balaban J connectivity index is 1.26. The van der Waals surface area contributed by atoms with Crippen LogP contribution < -0.4 is 9.64 Å². The first-order chi connectivity index (χ1) is 25.5. The number of carbonyl (C=O) groups excluding carboxylic acids is 2. The molecule has 0 spiro atoms. The number of carboxylic acid groups (broad SMARTS) is 2. The molecule has 0 fully saturated rings. The molecule has 0 bridgehead atoms. The molecule has 2 aromatic carbocycles. The van der Waals surface area contributed by atoms with Gasteiger partial charge in [0.2, 0.25) is 0 Å². The highest BCUT2D eigenvalue weighted by atomic mass is 16.6. The summed E-state index contributed by atoms with van der Waals surface area (Å²) in [5, 5.41) is 19.4. The maximum atomic E-state index is 13.3. The van der Waals surface area contributed by atoms with Crippen LogP contribution in [0.2, 0.25) is 0 Å². The number of nitrogens with zero attached hydrogens (tertiary/aromatic N) is 4. The van der Waals surface area contributed by atoms with E-state index in [9.17, 15) is 29.4 Å². The molecule has 3 heterocycles. The lowest BCUT2D eigenvalue weighted by atomic mass is 10.0. The van der Waals surface area contributed by atoms with Crippen LogP contribution in [-0.2, 0) is 14.2 Å². The number of aromatic carboxylic acids is 2. The number of benzene rings is 2. The molecule has 14 nitrogen and oxygen atoms in total. The Hall–Kier alpha value is -6.28. The molecule has 5 rings (SSSR count). The van der Waals surface area contributed by atoms with Gasteiger partial charge >= 0.3 is 24.1 Å². The highest BCUT2D eigenvalue weighted by Gasteiger charge is 2.25. The number of amides is 1. The number of aromatic nitrogens is 3. The molecule has 2 N–H and O–H groups in total. The van der Waals surface area contributed by atoms with E-state index in [4.69, 9.17) is 18.9 Å². The second-order valence-corrected chi connectivity index (χ2v) is 14.2. The second kappa shape index (κ2) is 16.2. The predicted molar refractivity (Wildman–Crippen MR) is 200 cm³/mol. The van der Waals surface area contributed by atoms with Gasteiger partial charge in [0.15, 0.2) is 0 Å². The molecule has 0 radical (unpaired) electrons. The van der Waals surface area contributed by atoms with E-state index in [1.807, 2.05) is 63.2 Å². The predicted octanol–water partition coefficient (Wildman–Crippen LogP) is 7.78. The second-order valence-electron chi connectivity index (χ2n) is 14.2. The van der Waals surface area contributed by atoms with Crippen LogP contribution in [0.15, 0.2) is 85.3 Å². The average Bonchev–Trinajstić information content (AvgIpc) is 3.50. The van der Waals surface area contributed by atoms with Gasteiger partial charge in [-0.3, -0.25) is 9.88 Å². The SMILES string of the molecule is CC(C)(C)OC(=O)N(CCOCCOc1ccc(C(=O)O)c(C(=O)O)c1)c1ccc(-c2ccc(-c3cc4ccncc4n3C(=O)OC(C)(C)C)cc2)cn1. The minimum atomic E-state index is -1.38. The van der Waals surface area contributed by atoms with Crippen molar-refractivity contribution in [3.8, 4) is 28.1 Å². The number of hydrogen-bond donors (Lipinski definition) is 2. The Kier molecular flexibility index (Phi) is 11.7.